The van der Waals surface area contributed by atoms with Crippen molar-refractivity contribution in [3.05, 3.63) is 86.7 Å². The van der Waals surface area contributed by atoms with Crippen LogP contribution in [0.4, 0.5) is 11.4 Å². The maximum atomic E-state index is 13.7. The van der Waals surface area contributed by atoms with Crippen molar-refractivity contribution >= 4 is 34.6 Å². The van der Waals surface area contributed by atoms with E-state index in [-0.39, 0.29) is 23.1 Å². The van der Waals surface area contributed by atoms with Crippen LogP contribution in [0.5, 0.6) is 6.01 Å². The van der Waals surface area contributed by atoms with Gasteiger partial charge in [-0.3, -0.25) is 14.5 Å². The summed E-state index contributed by atoms with van der Waals surface area (Å²) in [5, 5.41) is 0.561. The minimum absolute atomic E-state index is 0.145. The molecule has 0 saturated carbocycles. The van der Waals surface area contributed by atoms with Crippen LogP contribution in [-0.4, -0.2) is 33.3 Å². The van der Waals surface area contributed by atoms with Crippen molar-refractivity contribution in [2.24, 2.45) is 17.8 Å². The Labute approximate surface area is 201 Å². The molecule has 174 valence electrons. The molecule has 2 aromatic heterocycles. The first-order valence-corrected chi connectivity index (χ1v) is 10.8. The number of allylic oxidation sites excluding steroid dienone is 1. The number of carbonyl (C=O) groups is 1. The lowest BCUT2D eigenvalue weighted by atomic mass is 9.99. The molecule has 0 aliphatic carbocycles. The van der Waals surface area contributed by atoms with Gasteiger partial charge in [0.15, 0.2) is 0 Å². The minimum atomic E-state index is -0.628. The SMILES string of the molecule is COc1ncc(N=C2/C(=C(/C)N)C(=O)N(c3cc(C)c(=O)n(C)c3)C2c2ccc(Cl)cc2)cn1. The standard InChI is InChI=1S/C24H23ClN6O3/c1-13-9-18(12-30(3)22(13)32)31-21(15-5-7-16(25)8-6-15)20(19(14(2)26)23(31)33)29-17-10-27-24(34-4)28-11-17/h5-12,21H,26H2,1-4H3/b19-14+,29-20?. The number of aromatic nitrogens is 3. The minimum Gasteiger partial charge on any atom is -0.467 e. The smallest absolute Gasteiger partial charge is 0.316 e. The van der Waals surface area contributed by atoms with Gasteiger partial charge in [0.1, 0.15) is 11.7 Å². The highest BCUT2D eigenvalue weighted by Gasteiger charge is 2.44. The van der Waals surface area contributed by atoms with Gasteiger partial charge >= 0.3 is 6.01 Å². The number of methoxy groups -OCH3 is 1. The van der Waals surface area contributed by atoms with E-state index in [1.807, 2.05) is 12.1 Å². The number of aliphatic imine (C=N–C) groups is 1. The molecule has 1 fully saturated rings. The van der Waals surface area contributed by atoms with Crippen molar-refractivity contribution in [1.82, 2.24) is 14.5 Å². The van der Waals surface area contributed by atoms with Crippen molar-refractivity contribution in [2.45, 2.75) is 19.9 Å². The van der Waals surface area contributed by atoms with E-state index >= 15 is 0 Å². The third-order valence-corrected chi connectivity index (χ3v) is 5.71. The topological polar surface area (TPSA) is 116 Å². The third kappa shape index (κ3) is 4.17. The summed E-state index contributed by atoms with van der Waals surface area (Å²) in [6.07, 6.45) is 4.63. The molecule has 1 aliphatic heterocycles. The van der Waals surface area contributed by atoms with E-state index in [9.17, 15) is 9.59 Å². The zero-order valence-corrected chi connectivity index (χ0v) is 19.9. The molecule has 1 saturated heterocycles. The van der Waals surface area contributed by atoms with Gasteiger partial charge in [-0.2, -0.15) is 0 Å². The van der Waals surface area contributed by atoms with E-state index in [0.717, 1.165) is 5.56 Å². The Balaban J connectivity index is 1.98. The fourth-order valence-electron chi connectivity index (χ4n) is 3.91. The van der Waals surface area contributed by atoms with Crippen LogP contribution < -0.4 is 20.9 Å². The van der Waals surface area contributed by atoms with Gasteiger partial charge in [0.05, 0.1) is 36.5 Å². The molecule has 10 heteroatoms. The second-order valence-corrected chi connectivity index (χ2v) is 8.35. The van der Waals surface area contributed by atoms with Crippen molar-refractivity contribution < 1.29 is 9.53 Å². The van der Waals surface area contributed by atoms with Gasteiger partial charge in [-0.25, -0.2) is 15.0 Å². The van der Waals surface area contributed by atoms with E-state index in [1.54, 1.807) is 50.2 Å². The summed E-state index contributed by atoms with van der Waals surface area (Å²) in [6.45, 7) is 3.36. The molecule has 0 spiro atoms. The second kappa shape index (κ2) is 9.11. The molecule has 3 heterocycles. The number of pyridine rings is 1. The summed E-state index contributed by atoms with van der Waals surface area (Å²) in [5.41, 5.74) is 9.33. The van der Waals surface area contributed by atoms with Crippen LogP contribution in [0.1, 0.15) is 24.1 Å². The van der Waals surface area contributed by atoms with Crippen LogP contribution in [0, 0.1) is 6.92 Å². The maximum absolute atomic E-state index is 13.7. The Hall–Kier alpha value is -3.98. The molecule has 4 rings (SSSR count). The Morgan fingerprint density at radius 2 is 1.82 bits per heavy atom. The monoisotopic (exact) mass is 478 g/mol. The number of nitrogens with two attached hydrogens (primary N) is 1. The molecule has 1 atom stereocenters. The number of carbonyl (C=O) groups excluding carboxylic acids is 1. The molecule has 1 aliphatic rings. The van der Waals surface area contributed by atoms with Crippen molar-refractivity contribution in [2.75, 3.05) is 12.0 Å². The number of anilines is 1. The number of rotatable bonds is 4. The first-order chi connectivity index (χ1) is 16.2. The van der Waals surface area contributed by atoms with Crippen LogP contribution in [0.25, 0.3) is 0 Å². The molecule has 1 aromatic carbocycles. The Morgan fingerprint density at radius 1 is 1.18 bits per heavy atom. The van der Waals surface area contributed by atoms with Gasteiger partial charge in [0.2, 0.25) is 0 Å². The summed E-state index contributed by atoms with van der Waals surface area (Å²) in [5.74, 6) is -0.328. The van der Waals surface area contributed by atoms with Crippen molar-refractivity contribution in [3.63, 3.8) is 0 Å². The van der Waals surface area contributed by atoms with E-state index in [4.69, 9.17) is 27.1 Å². The molecule has 1 unspecified atom stereocenters. The number of aryl methyl sites for hydroxylation is 2. The molecule has 9 nitrogen and oxygen atoms in total. The normalized spacial score (nSPS) is 18.5. The van der Waals surface area contributed by atoms with E-state index in [2.05, 4.69) is 9.97 Å². The quantitative estimate of drug-likeness (QED) is 0.575. The summed E-state index contributed by atoms with van der Waals surface area (Å²) < 4.78 is 6.47. The highest BCUT2D eigenvalue weighted by molar-refractivity contribution is 6.36. The summed E-state index contributed by atoms with van der Waals surface area (Å²) in [6, 6.07) is 8.42. The first kappa shape index (κ1) is 23.2. The molecule has 0 radical (unpaired) electrons. The maximum Gasteiger partial charge on any atom is 0.316 e. The first-order valence-electron chi connectivity index (χ1n) is 10.4. The van der Waals surface area contributed by atoms with Gasteiger partial charge in [0.25, 0.3) is 11.5 Å². The Kier molecular flexibility index (Phi) is 6.21. The van der Waals surface area contributed by atoms with Crippen LogP contribution in [0.3, 0.4) is 0 Å². The number of benzene rings is 1. The van der Waals surface area contributed by atoms with Gasteiger partial charge in [-0.15, -0.1) is 0 Å². The lowest BCUT2D eigenvalue weighted by Gasteiger charge is -2.25. The number of hydrogen-bond acceptors (Lipinski definition) is 7. The van der Waals surface area contributed by atoms with Crippen molar-refractivity contribution in [1.29, 1.82) is 0 Å². The molecule has 34 heavy (non-hydrogen) atoms. The number of amides is 1. The molecular formula is C24H23ClN6O3. The lowest BCUT2D eigenvalue weighted by molar-refractivity contribution is -0.114. The zero-order chi connectivity index (χ0) is 24.6. The van der Waals surface area contributed by atoms with Crippen LogP contribution in [0.15, 0.2) is 70.0 Å². The van der Waals surface area contributed by atoms with E-state index in [0.29, 0.717) is 33.4 Å². The molecule has 2 N–H and O–H groups in total. The summed E-state index contributed by atoms with van der Waals surface area (Å²) >= 11 is 6.13. The average Bonchev–Trinajstić information content (AvgIpc) is 3.10. The number of ether oxygens (including phenoxy) is 1. The summed E-state index contributed by atoms with van der Waals surface area (Å²) in [7, 11) is 3.12. The molecule has 0 bridgehead atoms. The Bertz CT molecular complexity index is 1350. The van der Waals surface area contributed by atoms with Gasteiger partial charge in [-0.1, -0.05) is 23.7 Å². The van der Waals surface area contributed by atoms with Crippen LogP contribution in [-0.2, 0) is 11.8 Å². The van der Waals surface area contributed by atoms with Gasteiger partial charge in [0, 0.05) is 29.5 Å². The highest BCUT2D eigenvalue weighted by atomic mass is 35.5. The summed E-state index contributed by atoms with van der Waals surface area (Å²) in [4.78, 5) is 40.6. The molecule has 1 amide bonds. The Morgan fingerprint density at radius 3 is 2.38 bits per heavy atom. The fraction of sp³-hybridized carbons (Fsp3) is 0.208. The zero-order valence-electron chi connectivity index (χ0n) is 19.1. The lowest BCUT2D eigenvalue weighted by Crippen LogP contribution is -2.31. The second-order valence-electron chi connectivity index (χ2n) is 7.91. The predicted molar refractivity (Wildman–Crippen MR) is 131 cm³/mol. The number of nitrogens with zero attached hydrogens (tertiary/aromatic N) is 5. The predicted octanol–water partition coefficient (Wildman–Crippen LogP) is 3.24. The van der Waals surface area contributed by atoms with Crippen LogP contribution >= 0.6 is 11.6 Å². The third-order valence-electron chi connectivity index (χ3n) is 5.46. The van der Waals surface area contributed by atoms with Gasteiger partial charge in [-0.05, 0) is 37.6 Å². The molecule has 3 aromatic rings. The number of halogens is 1. The van der Waals surface area contributed by atoms with E-state index < -0.39 is 6.04 Å². The van der Waals surface area contributed by atoms with Crippen molar-refractivity contribution in [3.8, 4) is 6.01 Å². The number of hydrogen-bond donors (Lipinski definition) is 1. The van der Waals surface area contributed by atoms with Crippen LogP contribution in [0.2, 0.25) is 5.02 Å². The highest BCUT2D eigenvalue weighted by Crippen LogP contribution is 2.40. The molecular weight excluding hydrogens is 456 g/mol. The average molecular weight is 479 g/mol. The van der Waals surface area contributed by atoms with Gasteiger partial charge < -0.3 is 15.0 Å². The fourth-order valence-corrected chi connectivity index (χ4v) is 4.04. The largest absolute Gasteiger partial charge is 0.467 e. The van der Waals surface area contributed by atoms with E-state index in [1.165, 1.54) is 24.1 Å².